The van der Waals surface area contributed by atoms with E-state index >= 15 is 0 Å². The van der Waals surface area contributed by atoms with Crippen molar-refractivity contribution < 1.29 is 4.79 Å². The summed E-state index contributed by atoms with van der Waals surface area (Å²) in [5.41, 5.74) is 5.00. The molecule has 0 fully saturated rings. The Hall–Kier alpha value is -1.52. The monoisotopic (exact) mass is 283 g/mol. The van der Waals surface area contributed by atoms with Gasteiger partial charge in [0.25, 0.3) is 5.91 Å². The number of carbonyl (C=O) groups is 1. The maximum Gasteiger partial charge on any atom is 0.270 e. The van der Waals surface area contributed by atoms with Gasteiger partial charge < -0.3 is 0 Å². The molecule has 2 aromatic heterocycles. The molecule has 1 amide bonds. The standard InChI is InChI=1S/C12H11Cl2N3O/c1-7-3-4-8(2)17(7)16-12(18)9-5-10(13)15-11(14)6-9/h3-6H,1-2H3,(H,16,18). The molecule has 2 rings (SSSR count). The summed E-state index contributed by atoms with van der Waals surface area (Å²) in [5, 5.41) is 0.377. The summed E-state index contributed by atoms with van der Waals surface area (Å²) < 4.78 is 1.70. The van der Waals surface area contributed by atoms with Crippen molar-refractivity contribution in [2.24, 2.45) is 0 Å². The van der Waals surface area contributed by atoms with Crippen LogP contribution in [0.4, 0.5) is 0 Å². The Morgan fingerprint density at radius 2 is 1.67 bits per heavy atom. The van der Waals surface area contributed by atoms with Crippen molar-refractivity contribution in [2.75, 3.05) is 5.43 Å². The number of aromatic nitrogens is 2. The molecule has 18 heavy (non-hydrogen) atoms. The van der Waals surface area contributed by atoms with Crippen LogP contribution in [-0.4, -0.2) is 15.6 Å². The lowest BCUT2D eigenvalue weighted by atomic mass is 10.2. The maximum absolute atomic E-state index is 12.0. The van der Waals surface area contributed by atoms with E-state index < -0.39 is 0 Å². The van der Waals surface area contributed by atoms with Crippen molar-refractivity contribution in [3.63, 3.8) is 0 Å². The number of rotatable bonds is 2. The number of nitrogens with one attached hydrogen (secondary N) is 1. The van der Waals surface area contributed by atoms with Crippen molar-refractivity contribution in [1.82, 2.24) is 9.66 Å². The Morgan fingerprint density at radius 3 is 2.17 bits per heavy atom. The highest BCUT2D eigenvalue weighted by atomic mass is 35.5. The van der Waals surface area contributed by atoms with E-state index in [-0.39, 0.29) is 16.2 Å². The summed E-state index contributed by atoms with van der Waals surface area (Å²) in [4.78, 5) is 15.8. The van der Waals surface area contributed by atoms with Gasteiger partial charge in [-0.2, -0.15) is 0 Å². The Bertz CT molecular complexity index is 568. The van der Waals surface area contributed by atoms with Gasteiger partial charge in [0.05, 0.1) is 0 Å². The number of amides is 1. The second-order valence-electron chi connectivity index (χ2n) is 3.89. The smallest absolute Gasteiger partial charge is 0.267 e. The van der Waals surface area contributed by atoms with Gasteiger partial charge in [-0.15, -0.1) is 0 Å². The zero-order valence-electron chi connectivity index (χ0n) is 9.87. The zero-order valence-corrected chi connectivity index (χ0v) is 11.4. The molecule has 0 atom stereocenters. The predicted octanol–water partition coefficient (Wildman–Crippen LogP) is 3.19. The van der Waals surface area contributed by atoms with E-state index in [1.54, 1.807) is 4.68 Å². The highest BCUT2D eigenvalue weighted by Gasteiger charge is 2.10. The molecule has 0 aromatic carbocycles. The molecule has 1 N–H and O–H groups in total. The van der Waals surface area contributed by atoms with Crippen LogP contribution in [0.3, 0.4) is 0 Å². The number of aryl methyl sites for hydroxylation is 2. The molecule has 0 bridgehead atoms. The number of halogens is 2. The fraction of sp³-hybridized carbons (Fsp3) is 0.167. The Labute approximate surface area is 115 Å². The summed E-state index contributed by atoms with van der Waals surface area (Å²) in [6, 6.07) is 6.78. The van der Waals surface area contributed by atoms with Gasteiger partial charge >= 0.3 is 0 Å². The number of pyridine rings is 1. The minimum Gasteiger partial charge on any atom is -0.267 e. The number of hydrogen-bond acceptors (Lipinski definition) is 2. The Kier molecular flexibility index (Phi) is 3.59. The van der Waals surface area contributed by atoms with Gasteiger partial charge in [0.15, 0.2) is 0 Å². The van der Waals surface area contributed by atoms with Gasteiger partial charge in [-0.25, -0.2) is 4.98 Å². The molecule has 6 heteroatoms. The van der Waals surface area contributed by atoms with Crippen molar-refractivity contribution in [3.05, 3.63) is 51.5 Å². The molecule has 0 radical (unpaired) electrons. The molecule has 0 aliphatic rings. The second-order valence-corrected chi connectivity index (χ2v) is 4.67. The van der Waals surface area contributed by atoms with E-state index in [1.165, 1.54) is 12.1 Å². The molecule has 0 unspecified atom stereocenters. The highest BCUT2D eigenvalue weighted by molar-refractivity contribution is 6.33. The van der Waals surface area contributed by atoms with Crippen molar-refractivity contribution in [3.8, 4) is 0 Å². The normalized spacial score (nSPS) is 10.4. The number of carbonyl (C=O) groups excluding carboxylic acids is 1. The molecule has 94 valence electrons. The maximum atomic E-state index is 12.0. The van der Waals surface area contributed by atoms with E-state index in [0.717, 1.165) is 11.4 Å². The zero-order chi connectivity index (χ0) is 13.3. The number of hydrogen-bond donors (Lipinski definition) is 1. The molecular weight excluding hydrogens is 273 g/mol. The van der Waals surface area contributed by atoms with Crippen LogP contribution in [0.15, 0.2) is 24.3 Å². The van der Waals surface area contributed by atoms with Gasteiger partial charge in [0.2, 0.25) is 0 Å². The van der Waals surface area contributed by atoms with Gasteiger partial charge in [0, 0.05) is 17.0 Å². The molecule has 4 nitrogen and oxygen atoms in total. The minimum absolute atomic E-state index is 0.189. The molecule has 0 aliphatic heterocycles. The van der Waals surface area contributed by atoms with Gasteiger partial charge in [-0.05, 0) is 38.1 Å². The quantitative estimate of drug-likeness (QED) is 0.861. The molecule has 2 heterocycles. The molecule has 0 saturated carbocycles. The Balaban J connectivity index is 2.27. The number of nitrogens with zero attached hydrogens (tertiary/aromatic N) is 2. The molecule has 0 spiro atoms. The second kappa shape index (κ2) is 5.00. The third-order valence-electron chi connectivity index (χ3n) is 2.51. The minimum atomic E-state index is -0.288. The first-order valence-corrected chi connectivity index (χ1v) is 6.02. The predicted molar refractivity (Wildman–Crippen MR) is 71.9 cm³/mol. The Morgan fingerprint density at radius 1 is 1.17 bits per heavy atom. The van der Waals surface area contributed by atoms with Crippen LogP contribution in [-0.2, 0) is 0 Å². The summed E-state index contributed by atoms with van der Waals surface area (Å²) in [7, 11) is 0. The van der Waals surface area contributed by atoms with Gasteiger partial charge in [0.1, 0.15) is 10.3 Å². The summed E-state index contributed by atoms with van der Waals surface area (Å²) in [6.45, 7) is 3.81. The van der Waals surface area contributed by atoms with Crippen molar-refractivity contribution >= 4 is 29.1 Å². The molecule has 0 aliphatic carbocycles. The van der Waals surface area contributed by atoms with Crippen LogP contribution in [0.2, 0.25) is 10.3 Å². The highest BCUT2D eigenvalue weighted by Crippen LogP contribution is 2.15. The molecular formula is C12H11Cl2N3O. The molecule has 0 saturated heterocycles. The summed E-state index contributed by atoms with van der Waals surface area (Å²) in [5.74, 6) is -0.288. The van der Waals surface area contributed by atoms with E-state index in [4.69, 9.17) is 23.2 Å². The average Bonchev–Trinajstić information content (AvgIpc) is 2.59. The lowest BCUT2D eigenvalue weighted by Crippen LogP contribution is -2.24. The largest absolute Gasteiger partial charge is 0.270 e. The van der Waals surface area contributed by atoms with E-state index in [0.29, 0.717) is 5.56 Å². The first-order chi connectivity index (χ1) is 8.47. The van der Waals surface area contributed by atoms with E-state index in [9.17, 15) is 4.79 Å². The van der Waals surface area contributed by atoms with Crippen LogP contribution in [0, 0.1) is 13.8 Å². The SMILES string of the molecule is Cc1ccc(C)n1NC(=O)c1cc(Cl)nc(Cl)c1. The van der Waals surface area contributed by atoms with Crippen LogP contribution in [0.5, 0.6) is 0 Å². The third kappa shape index (κ3) is 2.66. The third-order valence-corrected chi connectivity index (χ3v) is 2.90. The fourth-order valence-electron chi connectivity index (χ4n) is 1.61. The topological polar surface area (TPSA) is 46.9 Å². The lowest BCUT2D eigenvalue weighted by Gasteiger charge is -2.11. The lowest BCUT2D eigenvalue weighted by molar-refractivity contribution is 0.101. The fourth-order valence-corrected chi connectivity index (χ4v) is 2.07. The van der Waals surface area contributed by atoms with Crippen LogP contribution >= 0.6 is 23.2 Å². The van der Waals surface area contributed by atoms with Gasteiger partial charge in [-0.3, -0.25) is 14.9 Å². The average molecular weight is 284 g/mol. The summed E-state index contributed by atoms with van der Waals surface area (Å²) >= 11 is 11.5. The van der Waals surface area contributed by atoms with Crippen LogP contribution in [0.1, 0.15) is 21.7 Å². The first kappa shape index (κ1) is 12.9. The van der Waals surface area contributed by atoms with Gasteiger partial charge in [-0.1, -0.05) is 23.2 Å². The molecule has 2 aromatic rings. The van der Waals surface area contributed by atoms with Crippen molar-refractivity contribution in [1.29, 1.82) is 0 Å². The van der Waals surface area contributed by atoms with Crippen LogP contribution in [0.25, 0.3) is 0 Å². The van der Waals surface area contributed by atoms with Crippen molar-refractivity contribution in [2.45, 2.75) is 13.8 Å². The summed E-state index contributed by atoms with van der Waals surface area (Å²) in [6.07, 6.45) is 0. The van der Waals surface area contributed by atoms with Crippen LogP contribution < -0.4 is 5.43 Å². The first-order valence-electron chi connectivity index (χ1n) is 5.27. The van der Waals surface area contributed by atoms with E-state index in [1.807, 2.05) is 26.0 Å². The van der Waals surface area contributed by atoms with E-state index in [2.05, 4.69) is 10.4 Å².